The van der Waals surface area contributed by atoms with Gasteiger partial charge in [0.25, 0.3) is 0 Å². The van der Waals surface area contributed by atoms with Crippen molar-refractivity contribution in [3.63, 3.8) is 0 Å². The lowest BCUT2D eigenvalue weighted by Gasteiger charge is -2.16. The lowest BCUT2D eigenvalue weighted by Crippen LogP contribution is -2.24. The topological polar surface area (TPSA) is 93.8 Å². The average Bonchev–Trinajstić information content (AvgIpc) is 3.03. The van der Waals surface area contributed by atoms with Crippen molar-refractivity contribution in [3.05, 3.63) is 53.9 Å². The van der Waals surface area contributed by atoms with Crippen LogP contribution in [0.25, 0.3) is 11.0 Å². The van der Waals surface area contributed by atoms with E-state index in [1.54, 1.807) is 22.8 Å². The zero-order valence-corrected chi connectivity index (χ0v) is 15.3. The molecule has 2 aromatic carbocycles. The van der Waals surface area contributed by atoms with Gasteiger partial charge in [-0.1, -0.05) is 12.1 Å². The molecule has 1 unspecified atom stereocenters. The number of imidazole rings is 1. The monoisotopic (exact) mass is 370 g/mol. The molecule has 0 bridgehead atoms. The minimum atomic E-state index is -0.829. The number of fused-ring (bicyclic) bond motifs is 1. The molecule has 7 nitrogen and oxygen atoms in total. The number of Topliss-reactive ketones (excluding diaryl/α,β-unsaturated/α-hetero) is 1. The summed E-state index contributed by atoms with van der Waals surface area (Å²) in [5.74, 6) is 1.29. The first kappa shape index (κ1) is 18.9. The Bertz CT molecular complexity index is 951. The lowest BCUT2D eigenvalue weighted by atomic mass is 10.1. The molecule has 3 aromatic rings. The Morgan fingerprint density at radius 3 is 2.70 bits per heavy atom. The van der Waals surface area contributed by atoms with Gasteiger partial charge in [-0.05, 0) is 37.3 Å². The SMILES string of the molecule is COc1cc(C(C)=O)ccc1OCC(O)Cn1c(CO)nc2ccccc21. The Balaban J connectivity index is 1.72. The van der Waals surface area contributed by atoms with Crippen molar-refractivity contribution in [2.75, 3.05) is 13.7 Å². The Hall–Kier alpha value is -2.90. The van der Waals surface area contributed by atoms with E-state index in [9.17, 15) is 15.0 Å². The van der Waals surface area contributed by atoms with Crippen molar-refractivity contribution in [1.82, 2.24) is 9.55 Å². The summed E-state index contributed by atoms with van der Waals surface area (Å²) in [5.41, 5.74) is 2.12. The quantitative estimate of drug-likeness (QED) is 0.590. The first-order valence-corrected chi connectivity index (χ1v) is 8.58. The number of carbonyl (C=O) groups excluding carboxylic acids is 1. The molecule has 2 N–H and O–H groups in total. The number of methoxy groups -OCH3 is 1. The predicted octanol–water partition coefficient (Wildman–Crippen LogP) is 2.18. The summed E-state index contributed by atoms with van der Waals surface area (Å²) in [5, 5.41) is 20.0. The van der Waals surface area contributed by atoms with Gasteiger partial charge in [-0.3, -0.25) is 4.79 Å². The number of hydrogen-bond donors (Lipinski definition) is 2. The number of nitrogens with zero attached hydrogens (tertiary/aromatic N) is 2. The molecule has 7 heteroatoms. The third-order valence-corrected chi connectivity index (χ3v) is 4.27. The molecule has 1 heterocycles. The highest BCUT2D eigenvalue weighted by molar-refractivity contribution is 5.94. The predicted molar refractivity (Wildman–Crippen MR) is 100 cm³/mol. The molecule has 0 spiro atoms. The summed E-state index contributed by atoms with van der Waals surface area (Å²) in [4.78, 5) is 15.8. The minimum Gasteiger partial charge on any atom is -0.493 e. The summed E-state index contributed by atoms with van der Waals surface area (Å²) < 4.78 is 12.7. The third-order valence-electron chi connectivity index (χ3n) is 4.27. The number of ketones is 1. The number of para-hydroxylation sites is 2. The van der Waals surface area contributed by atoms with Crippen molar-refractivity contribution in [1.29, 1.82) is 0 Å². The standard InChI is InChI=1S/C20H22N2O5/c1-13(24)14-7-8-18(19(9-14)26-2)27-12-15(25)10-22-17-6-4-3-5-16(17)21-20(22)11-23/h3-9,15,23,25H,10-12H2,1-2H3. The highest BCUT2D eigenvalue weighted by atomic mass is 16.5. The number of hydrogen-bond acceptors (Lipinski definition) is 6. The number of benzene rings is 2. The fourth-order valence-electron chi connectivity index (χ4n) is 2.91. The van der Waals surface area contributed by atoms with Crippen LogP contribution in [0.3, 0.4) is 0 Å². The van der Waals surface area contributed by atoms with Crippen LogP contribution in [0, 0.1) is 0 Å². The molecule has 3 rings (SSSR count). The normalized spacial score (nSPS) is 12.1. The van der Waals surface area contributed by atoms with Crippen molar-refractivity contribution in [2.24, 2.45) is 0 Å². The Morgan fingerprint density at radius 1 is 1.22 bits per heavy atom. The number of rotatable bonds is 8. The fourth-order valence-corrected chi connectivity index (χ4v) is 2.91. The van der Waals surface area contributed by atoms with Gasteiger partial charge in [-0.15, -0.1) is 0 Å². The Labute approximate surface area is 156 Å². The van der Waals surface area contributed by atoms with Gasteiger partial charge in [0, 0.05) is 5.56 Å². The fraction of sp³-hybridized carbons (Fsp3) is 0.300. The summed E-state index contributed by atoms with van der Waals surface area (Å²) in [6.45, 7) is 1.51. The zero-order valence-electron chi connectivity index (χ0n) is 15.3. The van der Waals surface area contributed by atoms with Gasteiger partial charge in [-0.25, -0.2) is 4.98 Å². The van der Waals surface area contributed by atoms with E-state index in [0.29, 0.717) is 22.9 Å². The summed E-state index contributed by atoms with van der Waals surface area (Å²) in [6, 6.07) is 12.4. The van der Waals surface area contributed by atoms with E-state index in [1.807, 2.05) is 24.3 Å². The van der Waals surface area contributed by atoms with Gasteiger partial charge in [-0.2, -0.15) is 0 Å². The Morgan fingerprint density at radius 2 is 2.00 bits per heavy atom. The molecule has 0 saturated carbocycles. The van der Waals surface area contributed by atoms with Crippen molar-refractivity contribution in [3.8, 4) is 11.5 Å². The van der Waals surface area contributed by atoms with Crippen molar-refractivity contribution < 1.29 is 24.5 Å². The van der Waals surface area contributed by atoms with Crippen LogP contribution in [-0.4, -0.2) is 45.4 Å². The molecule has 0 aliphatic heterocycles. The maximum Gasteiger partial charge on any atom is 0.161 e. The summed E-state index contributed by atoms with van der Waals surface area (Å²) in [7, 11) is 1.49. The zero-order chi connectivity index (χ0) is 19.4. The molecule has 1 atom stereocenters. The molecular weight excluding hydrogens is 348 g/mol. The van der Waals surface area contributed by atoms with E-state index >= 15 is 0 Å². The maximum atomic E-state index is 11.5. The second kappa shape index (κ2) is 8.20. The van der Waals surface area contributed by atoms with Gasteiger partial charge >= 0.3 is 0 Å². The number of aliphatic hydroxyl groups excluding tert-OH is 2. The number of ether oxygens (including phenoxy) is 2. The number of aliphatic hydroxyl groups is 2. The van der Waals surface area contributed by atoms with Crippen LogP contribution < -0.4 is 9.47 Å². The first-order valence-electron chi connectivity index (χ1n) is 8.58. The molecule has 0 saturated heterocycles. The number of carbonyl (C=O) groups is 1. The van der Waals surface area contributed by atoms with Crippen molar-refractivity contribution in [2.45, 2.75) is 26.2 Å². The van der Waals surface area contributed by atoms with Gasteiger partial charge in [0.2, 0.25) is 0 Å². The molecular formula is C20H22N2O5. The molecule has 1 aromatic heterocycles. The summed E-state index contributed by atoms with van der Waals surface area (Å²) >= 11 is 0. The molecule has 0 fully saturated rings. The van der Waals surface area contributed by atoms with E-state index in [1.165, 1.54) is 14.0 Å². The molecule has 142 valence electrons. The van der Waals surface area contributed by atoms with Crippen LogP contribution in [0.15, 0.2) is 42.5 Å². The van der Waals surface area contributed by atoms with Crippen LogP contribution in [0.5, 0.6) is 11.5 Å². The number of aromatic nitrogens is 2. The maximum absolute atomic E-state index is 11.5. The smallest absolute Gasteiger partial charge is 0.161 e. The van der Waals surface area contributed by atoms with Gasteiger partial charge < -0.3 is 24.3 Å². The van der Waals surface area contributed by atoms with Crippen molar-refractivity contribution >= 4 is 16.8 Å². The van der Waals surface area contributed by atoms with Gasteiger partial charge in [0.05, 0.1) is 24.7 Å². The van der Waals surface area contributed by atoms with E-state index in [4.69, 9.17) is 9.47 Å². The third kappa shape index (κ3) is 4.10. The van der Waals surface area contributed by atoms with Crippen LogP contribution in [0.4, 0.5) is 0 Å². The van der Waals surface area contributed by atoms with Gasteiger partial charge in [0.15, 0.2) is 17.3 Å². The van der Waals surface area contributed by atoms with E-state index < -0.39 is 6.10 Å². The highest BCUT2D eigenvalue weighted by Crippen LogP contribution is 2.28. The lowest BCUT2D eigenvalue weighted by molar-refractivity contribution is 0.0899. The van der Waals surface area contributed by atoms with Crippen LogP contribution >= 0.6 is 0 Å². The minimum absolute atomic E-state index is 0.0210. The van der Waals surface area contributed by atoms with Gasteiger partial charge in [0.1, 0.15) is 25.1 Å². The first-order chi connectivity index (χ1) is 13.0. The van der Waals surface area contributed by atoms with E-state index in [0.717, 1.165) is 11.0 Å². The molecule has 0 aliphatic rings. The molecule has 27 heavy (non-hydrogen) atoms. The largest absolute Gasteiger partial charge is 0.493 e. The van der Waals surface area contributed by atoms with E-state index in [2.05, 4.69) is 4.98 Å². The second-order valence-corrected chi connectivity index (χ2v) is 6.17. The summed E-state index contributed by atoms with van der Waals surface area (Å²) in [6.07, 6.45) is -0.829. The Kier molecular flexibility index (Phi) is 5.73. The molecule has 0 aliphatic carbocycles. The highest BCUT2D eigenvalue weighted by Gasteiger charge is 2.15. The average molecular weight is 370 g/mol. The molecule has 0 radical (unpaired) electrons. The van der Waals surface area contributed by atoms with Crippen LogP contribution in [0.2, 0.25) is 0 Å². The molecule has 0 amide bonds. The van der Waals surface area contributed by atoms with Crippen LogP contribution in [-0.2, 0) is 13.2 Å². The second-order valence-electron chi connectivity index (χ2n) is 6.17. The van der Waals surface area contributed by atoms with E-state index in [-0.39, 0.29) is 25.5 Å². The van der Waals surface area contributed by atoms with Crippen LogP contribution in [0.1, 0.15) is 23.1 Å².